The quantitative estimate of drug-likeness (QED) is 0.284. The average Bonchev–Trinajstić information content (AvgIpc) is 3.98. The number of carbonyl (C=O) groups excluding carboxylic acids is 1. The highest BCUT2D eigenvalue weighted by atomic mass is 33.5. The highest BCUT2D eigenvalue weighted by Crippen LogP contribution is 2.25. The summed E-state index contributed by atoms with van der Waals surface area (Å²) < 4.78 is 4.89. The minimum atomic E-state index is -0.374. The first kappa shape index (κ1) is 58.2. The summed E-state index contributed by atoms with van der Waals surface area (Å²) >= 11 is 28.2. The molecule has 2 N–H and O–H groups in total. The largest absolute Gasteiger partial charge is 0.461 e. The first-order valence-electron chi connectivity index (χ1n) is 12.5. The topological polar surface area (TPSA) is 91.0 Å². The van der Waals surface area contributed by atoms with Crippen LogP contribution in [0.3, 0.4) is 0 Å². The van der Waals surface area contributed by atoms with Crippen molar-refractivity contribution in [1.29, 1.82) is 0 Å². The Balaban J connectivity index is 0.000000706. The molecule has 3 heterocycles. The van der Waals surface area contributed by atoms with E-state index in [-0.39, 0.29) is 5.97 Å². The van der Waals surface area contributed by atoms with E-state index < -0.39 is 0 Å². The van der Waals surface area contributed by atoms with E-state index in [1.807, 2.05) is 10.8 Å². The van der Waals surface area contributed by atoms with E-state index in [0.717, 1.165) is 39.3 Å². The zero-order valence-corrected chi connectivity index (χ0v) is 51.6. The van der Waals surface area contributed by atoms with E-state index in [0.29, 0.717) is 17.3 Å². The van der Waals surface area contributed by atoms with Gasteiger partial charge in [-0.3, -0.25) is 0 Å². The third kappa shape index (κ3) is 33.8. The van der Waals surface area contributed by atoms with Crippen LogP contribution in [0.2, 0.25) is 0 Å². The van der Waals surface area contributed by atoms with Gasteiger partial charge in [0.15, 0.2) is 5.69 Å². The number of thiazole rings is 3. The second kappa shape index (κ2) is 43.8. The second-order valence-electron chi connectivity index (χ2n) is 6.65. The summed E-state index contributed by atoms with van der Waals surface area (Å²) in [5.74, 6) is -0.374. The molecule has 0 aromatic carbocycles. The SMILES string of the molecule is CCOC(=O)c1csc(-c2csc(CC)n2)n1.CCc1nc(C(N)=S)cs1.S=S=S=S=S=S=S=S=S=S=S=S=S.S=S=S=S=S=S=S=S=S=S=S=S=S=S. The van der Waals surface area contributed by atoms with Gasteiger partial charge in [0.2, 0.25) is 0 Å². The molecule has 0 bridgehead atoms. The third-order valence-corrected chi connectivity index (χ3v) is 53.5. The summed E-state index contributed by atoms with van der Waals surface area (Å²) in [6.45, 7) is 6.26. The molecule has 3 rings (SSSR count). The van der Waals surface area contributed by atoms with Gasteiger partial charge in [0, 0.05) is 265 Å². The van der Waals surface area contributed by atoms with E-state index in [1.54, 1.807) is 204 Å². The molecule has 0 spiro atoms. The molecule has 0 atom stereocenters. The summed E-state index contributed by atoms with van der Waals surface area (Å²) in [6.07, 6.45) is 1.87. The molecule has 0 aliphatic heterocycles. The lowest BCUT2D eigenvalue weighted by atomic mass is 10.4. The Morgan fingerprint density at radius 2 is 0.944 bits per heavy atom. The monoisotopic (exact) mass is 1300 g/mol. The first-order chi connectivity index (χ1) is 26.3. The number of hydrogen-bond donors (Lipinski definition) is 1. The molecule has 3 aromatic rings. The molecule has 0 saturated carbocycles. The summed E-state index contributed by atoms with van der Waals surface area (Å²) in [6, 6.07) is 0. The molecule has 0 radical (unpaired) electrons. The highest BCUT2D eigenvalue weighted by molar-refractivity contribution is 8.77. The fraction of sp³-hybridized carbons (Fsp3) is 0.353. The molecule has 0 aliphatic rings. The van der Waals surface area contributed by atoms with E-state index in [9.17, 15) is 4.79 Å². The van der Waals surface area contributed by atoms with Gasteiger partial charge in [-0.2, -0.15) is 0 Å². The van der Waals surface area contributed by atoms with Crippen LogP contribution >= 0.6 is 46.2 Å². The molecule has 0 fully saturated rings. The Bertz CT molecular complexity index is 2610. The first-order valence-corrected chi connectivity index (χ1v) is 48.8. The average molecular weight is 1310 g/mol. The van der Waals surface area contributed by atoms with Crippen molar-refractivity contribution in [2.45, 2.75) is 33.6 Å². The number of hydrogen-bond acceptors (Lipinski definition) is 13. The summed E-state index contributed by atoms with van der Waals surface area (Å²) in [5, 5.41) is 8.49. The van der Waals surface area contributed by atoms with Crippen molar-refractivity contribution >= 4 is 306 Å². The number of nitrogens with two attached hydrogens (primary N) is 1. The van der Waals surface area contributed by atoms with Crippen LogP contribution in [-0.4, -0.2) is 32.5 Å². The number of ether oxygens (including phenoxy) is 1. The highest BCUT2D eigenvalue weighted by Gasteiger charge is 2.14. The summed E-state index contributed by atoms with van der Waals surface area (Å²) in [4.78, 5) is 24.7. The fourth-order valence-corrected chi connectivity index (χ4v) is 56.7. The minimum absolute atomic E-state index is 0.359. The number of esters is 1. The standard InChI is InChI=1S/C11H12N2O2S2.C6H8N2S2.S14.S13/c1-3-9-12-7(5-16-9)10-13-8(6-17-10)11(14)15-4-2;1-2-5-8-4(3-10-5)6(7)9;1-3-5-7-9-11-13-14-12-10-8-6-4-2;1-3-5-7-9-11-13-12-10-8-6-4-2/h5-6H,3-4H2,1-2H3;3H,2H2,1H3,(H2,7,9);;. The number of carbonyl (C=O) groups is 1. The van der Waals surface area contributed by atoms with Crippen LogP contribution in [0.4, 0.5) is 0 Å². The normalized spacial score (nSPS) is 8.65. The van der Waals surface area contributed by atoms with Crippen LogP contribution in [0.1, 0.15) is 47.0 Å². The predicted molar refractivity (Wildman–Crippen MR) is 315 cm³/mol. The lowest BCUT2D eigenvalue weighted by Crippen LogP contribution is -2.09. The maximum atomic E-state index is 11.5. The van der Waals surface area contributed by atoms with Crippen LogP contribution in [0.5, 0.6) is 0 Å². The lowest BCUT2D eigenvalue weighted by molar-refractivity contribution is 0.0520. The molecular formula is C17H20N4O2S31. The van der Waals surface area contributed by atoms with Crippen LogP contribution in [-0.2, 0) is 267 Å². The van der Waals surface area contributed by atoms with Gasteiger partial charge in [-0.25, -0.2) is 19.7 Å². The van der Waals surface area contributed by atoms with E-state index in [4.69, 9.17) is 67.4 Å². The van der Waals surface area contributed by atoms with Gasteiger partial charge in [0.25, 0.3) is 0 Å². The molecule has 0 amide bonds. The third-order valence-electron chi connectivity index (χ3n) is 3.75. The van der Waals surface area contributed by atoms with E-state index in [2.05, 4.69) is 28.8 Å². The molecule has 306 valence electrons. The maximum Gasteiger partial charge on any atom is 0.357 e. The van der Waals surface area contributed by atoms with Gasteiger partial charge in [-0.1, -0.05) is 26.1 Å². The van der Waals surface area contributed by atoms with E-state index in [1.165, 1.54) is 46.9 Å². The van der Waals surface area contributed by atoms with Crippen molar-refractivity contribution in [3.05, 3.63) is 37.5 Å². The zero-order valence-electron chi connectivity index (χ0n) is 26.2. The van der Waals surface area contributed by atoms with Gasteiger partial charge in [-0.05, 0) is 19.8 Å². The van der Waals surface area contributed by atoms with Crippen LogP contribution in [0.25, 0.3) is 10.7 Å². The van der Waals surface area contributed by atoms with Crippen molar-refractivity contribution in [3.8, 4) is 10.7 Å². The van der Waals surface area contributed by atoms with Crippen molar-refractivity contribution in [1.82, 2.24) is 15.0 Å². The Hall–Kier alpha value is 4.19. The molecule has 54 heavy (non-hydrogen) atoms. The summed E-state index contributed by atoms with van der Waals surface area (Å²) in [5.41, 5.74) is 7.30. The van der Waals surface area contributed by atoms with Crippen LogP contribution in [0.15, 0.2) is 16.1 Å². The Labute approximate surface area is 416 Å². The van der Waals surface area contributed by atoms with Crippen molar-refractivity contribution in [2.24, 2.45) is 5.73 Å². The van der Waals surface area contributed by atoms with Gasteiger partial charge in [0.05, 0.1) is 16.6 Å². The predicted octanol–water partition coefficient (Wildman–Crippen LogP) is 4.28. The van der Waals surface area contributed by atoms with Crippen molar-refractivity contribution in [2.75, 3.05) is 6.61 Å². The second-order valence-corrected chi connectivity index (χ2v) is 50.5. The molecule has 0 aliphatic carbocycles. The molecule has 37 heteroatoms. The number of nitrogens with zero attached hydrogens (tertiary/aromatic N) is 3. The smallest absolute Gasteiger partial charge is 0.357 e. The van der Waals surface area contributed by atoms with Crippen LogP contribution in [0, 0.1) is 0 Å². The molecule has 6 nitrogen and oxygen atoms in total. The number of aryl methyl sites for hydroxylation is 2. The number of aromatic nitrogens is 3. The van der Waals surface area contributed by atoms with E-state index >= 15 is 0 Å². The van der Waals surface area contributed by atoms with Gasteiger partial charge < -0.3 is 10.5 Å². The minimum Gasteiger partial charge on any atom is -0.461 e. The van der Waals surface area contributed by atoms with Crippen LogP contribution < -0.4 is 5.73 Å². The molecule has 0 saturated heterocycles. The van der Waals surface area contributed by atoms with Gasteiger partial charge in [-0.15, -0.1) is 34.0 Å². The molecular weight excluding hydrogens is 1290 g/mol. The zero-order chi connectivity index (χ0) is 40.1. The Morgan fingerprint density at radius 3 is 1.26 bits per heavy atom. The van der Waals surface area contributed by atoms with Crippen molar-refractivity contribution < 1.29 is 9.53 Å². The Morgan fingerprint density at radius 1 is 0.574 bits per heavy atom. The maximum absolute atomic E-state index is 11.5. The fourth-order valence-electron chi connectivity index (χ4n) is 2.06. The summed E-state index contributed by atoms with van der Waals surface area (Å²) in [7, 11) is 38.0. The Kier molecular flexibility index (Phi) is 47.2. The van der Waals surface area contributed by atoms with Gasteiger partial charge >= 0.3 is 5.97 Å². The molecule has 0 unspecified atom stereocenters. The van der Waals surface area contributed by atoms with Crippen molar-refractivity contribution in [3.63, 3.8) is 0 Å². The van der Waals surface area contributed by atoms with Gasteiger partial charge in [0.1, 0.15) is 21.4 Å². The number of thiocarbonyl (C=S) groups is 1. The lowest BCUT2D eigenvalue weighted by Gasteiger charge is -1.95. The number of rotatable bonds is 6. The molecule has 3 aromatic heterocycles.